The van der Waals surface area contributed by atoms with Gasteiger partial charge < -0.3 is 15.7 Å². The van der Waals surface area contributed by atoms with Gasteiger partial charge in [0.05, 0.1) is 6.10 Å². The molecule has 3 N–H and O–H groups in total. The minimum atomic E-state index is -0.104. The van der Waals surface area contributed by atoms with Gasteiger partial charge in [-0.1, -0.05) is 20.3 Å². The van der Waals surface area contributed by atoms with Crippen molar-refractivity contribution < 1.29 is 5.11 Å². The van der Waals surface area contributed by atoms with Crippen molar-refractivity contribution in [3.05, 3.63) is 0 Å². The van der Waals surface area contributed by atoms with Crippen molar-refractivity contribution in [3.63, 3.8) is 0 Å². The smallest absolute Gasteiger partial charge is 0.0679 e. The molecule has 1 heterocycles. The summed E-state index contributed by atoms with van der Waals surface area (Å²) in [6.07, 6.45) is 4.66. The lowest BCUT2D eigenvalue weighted by Crippen LogP contribution is -2.50. The average Bonchev–Trinajstić information content (AvgIpc) is 2.59. The molecule has 0 radical (unpaired) electrons. The Labute approximate surface area is 99.0 Å². The quantitative estimate of drug-likeness (QED) is 0.744. The number of aliphatic hydroxyl groups is 1. The van der Waals surface area contributed by atoms with Crippen LogP contribution >= 0.6 is 0 Å². The molecule has 3 atom stereocenters. The lowest BCUT2D eigenvalue weighted by molar-refractivity contribution is 0.103. The van der Waals surface area contributed by atoms with Crippen LogP contribution in [0.1, 0.15) is 39.5 Å². The van der Waals surface area contributed by atoms with Crippen LogP contribution in [0.25, 0.3) is 0 Å². The van der Waals surface area contributed by atoms with E-state index in [1.807, 2.05) is 0 Å². The largest absolute Gasteiger partial charge is 0.392 e. The molecule has 0 aromatic heterocycles. The van der Waals surface area contributed by atoms with E-state index in [-0.39, 0.29) is 6.10 Å². The molecule has 2 rings (SSSR count). The summed E-state index contributed by atoms with van der Waals surface area (Å²) in [6, 6.07) is 0.319. The van der Waals surface area contributed by atoms with Crippen molar-refractivity contribution in [2.24, 2.45) is 17.1 Å². The molecular weight excluding hydrogens is 200 g/mol. The van der Waals surface area contributed by atoms with E-state index in [4.69, 9.17) is 5.73 Å². The number of likely N-dealkylation sites (tertiary alicyclic amines) is 1. The summed E-state index contributed by atoms with van der Waals surface area (Å²) < 4.78 is 0. The molecule has 0 aromatic rings. The summed E-state index contributed by atoms with van der Waals surface area (Å²) in [6.45, 7) is 7.57. The van der Waals surface area contributed by atoms with Crippen LogP contribution in [0.4, 0.5) is 0 Å². The topological polar surface area (TPSA) is 49.5 Å². The molecule has 3 unspecified atom stereocenters. The summed E-state index contributed by atoms with van der Waals surface area (Å²) >= 11 is 0. The van der Waals surface area contributed by atoms with Gasteiger partial charge in [-0.3, -0.25) is 0 Å². The Kier molecular flexibility index (Phi) is 3.57. The van der Waals surface area contributed by atoms with Crippen molar-refractivity contribution in [3.8, 4) is 0 Å². The van der Waals surface area contributed by atoms with Gasteiger partial charge in [-0.05, 0) is 30.6 Å². The van der Waals surface area contributed by atoms with Gasteiger partial charge in [0.15, 0.2) is 0 Å². The van der Waals surface area contributed by atoms with Crippen LogP contribution in [-0.2, 0) is 0 Å². The third kappa shape index (κ3) is 2.58. The highest BCUT2D eigenvalue weighted by atomic mass is 16.3. The van der Waals surface area contributed by atoms with Gasteiger partial charge in [0.1, 0.15) is 0 Å². The van der Waals surface area contributed by atoms with E-state index in [9.17, 15) is 5.11 Å². The summed E-state index contributed by atoms with van der Waals surface area (Å²) in [4.78, 5) is 2.39. The molecule has 0 spiro atoms. The molecule has 0 bridgehead atoms. The lowest BCUT2D eigenvalue weighted by atomic mass is 9.68. The van der Waals surface area contributed by atoms with Gasteiger partial charge in [0.25, 0.3) is 0 Å². The molecule has 0 aromatic carbocycles. The number of aliphatic hydroxyl groups excluding tert-OH is 1. The second kappa shape index (κ2) is 4.63. The molecular formula is C13H26N2O. The predicted molar refractivity (Wildman–Crippen MR) is 66.2 cm³/mol. The van der Waals surface area contributed by atoms with E-state index in [2.05, 4.69) is 18.7 Å². The minimum absolute atomic E-state index is 0.104. The second-order valence-corrected chi connectivity index (χ2v) is 6.37. The lowest BCUT2D eigenvalue weighted by Gasteiger charge is -2.43. The number of hydrogen-bond donors (Lipinski definition) is 2. The second-order valence-electron chi connectivity index (χ2n) is 6.37. The molecule has 16 heavy (non-hydrogen) atoms. The molecule has 0 amide bonds. The molecule has 3 heteroatoms. The van der Waals surface area contributed by atoms with Crippen LogP contribution in [0.5, 0.6) is 0 Å². The highest BCUT2D eigenvalue weighted by Gasteiger charge is 2.37. The van der Waals surface area contributed by atoms with Gasteiger partial charge in [0.2, 0.25) is 0 Å². The molecule has 2 aliphatic rings. The van der Waals surface area contributed by atoms with Crippen molar-refractivity contribution >= 4 is 0 Å². The first-order chi connectivity index (χ1) is 7.49. The Morgan fingerprint density at radius 2 is 2.12 bits per heavy atom. The first-order valence-electron chi connectivity index (χ1n) is 6.65. The Bertz CT molecular complexity index is 242. The standard InChI is InChI=1S/C13H26N2O/c1-13(2)6-3-4-10(12(13)14)8-15-7-5-11(16)9-15/h10-12,16H,3-9,14H2,1-2H3. The molecule has 1 aliphatic carbocycles. The number of nitrogens with zero attached hydrogens (tertiary/aromatic N) is 1. The maximum Gasteiger partial charge on any atom is 0.0679 e. The number of hydrogen-bond acceptors (Lipinski definition) is 3. The third-order valence-corrected chi connectivity index (χ3v) is 4.55. The summed E-state index contributed by atoms with van der Waals surface area (Å²) in [5.41, 5.74) is 6.67. The highest BCUT2D eigenvalue weighted by Crippen LogP contribution is 2.38. The summed E-state index contributed by atoms with van der Waals surface area (Å²) in [5, 5.41) is 9.52. The monoisotopic (exact) mass is 226 g/mol. The van der Waals surface area contributed by atoms with E-state index < -0.39 is 0 Å². The normalized spacial score (nSPS) is 40.1. The zero-order valence-electron chi connectivity index (χ0n) is 10.7. The fourth-order valence-corrected chi connectivity index (χ4v) is 3.32. The Morgan fingerprint density at radius 3 is 2.75 bits per heavy atom. The van der Waals surface area contributed by atoms with E-state index >= 15 is 0 Å². The molecule has 2 fully saturated rings. The molecule has 3 nitrogen and oxygen atoms in total. The number of rotatable bonds is 2. The zero-order chi connectivity index (χ0) is 11.8. The SMILES string of the molecule is CC1(C)CCCC(CN2CCC(O)C2)C1N. The van der Waals surface area contributed by atoms with Crippen molar-refractivity contribution in [2.45, 2.75) is 51.7 Å². The Balaban J connectivity index is 1.89. The van der Waals surface area contributed by atoms with Gasteiger partial charge in [-0.25, -0.2) is 0 Å². The van der Waals surface area contributed by atoms with Gasteiger partial charge in [0, 0.05) is 25.7 Å². The van der Waals surface area contributed by atoms with Crippen LogP contribution in [-0.4, -0.2) is 41.8 Å². The zero-order valence-corrected chi connectivity index (χ0v) is 10.7. The Morgan fingerprint density at radius 1 is 1.38 bits per heavy atom. The number of nitrogens with two attached hydrogens (primary N) is 1. The Hall–Kier alpha value is -0.120. The van der Waals surface area contributed by atoms with Crippen LogP contribution in [0, 0.1) is 11.3 Å². The van der Waals surface area contributed by atoms with E-state index in [0.717, 1.165) is 26.1 Å². The maximum absolute atomic E-state index is 9.52. The van der Waals surface area contributed by atoms with Gasteiger partial charge in [-0.2, -0.15) is 0 Å². The molecule has 1 saturated carbocycles. The first kappa shape index (κ1) is 12.3. The van der Waals surface area contributed by atoms with Gasteiger partial charge in [-0.15, -0.1) is 0 Å². The van der Waals surface area contributed by atoms with Crippen molar-refractivity contribution in [1.29, 1.82) is 0 Å². The van der Waals surface area contributed by atoms with E-state index in [1.54, 1.807) is 0 Å². The number of β-amino-alcohol motifs (C(OH)–C–C–N with tert-alkyl or cyclic N) is 1. The predicted octanol–water partition coefficient (Wildman–Crippen LogP) is 1.21. The van der Waals surface area contributed by atoms with Crippen molar-refractivity contribution in [1.82, 2.24) is 4.90 Å². The average molecular weight is 226 g/mol. The van der Waals surface area contributed by atoms with Crippen LogP contribution < -0.4 is 5.73 Å². The van der Waals surface area contributed by atoms with Crippen LogP contribution in [0.15, 0.2) is 0 Å². The van der Waals surface area contributed by atoms with E-state index in [1.165, 1.54) is 19.3 Å². The summed E-state index contributed by atoms with van der Waals surface area (Å²) in [7, 11) is 0. The third-order valence-electron chi connectivity index (χ3n) is 4.55. The molecule has 94 valence electrons. The van der Waals surface area contributed by atoms with Gasteiger partial charge >= 0.3 is 0 Å². The highest BCUT2D eigenvalue weighted by molar-refractivity contribution is 4.93. The van der Waals surface area contributed by atoms with E-state index in [0.29, 0.717) is 17.4 Å². The molecule has 1 saturated heterocycles. The fourth-order valence-electron chi connectivity index (χ4n) is 3.32. The summed E-state index contributed by atoms with van der Waals surface area (Å²) in [5.74, 6) is 0.619. The fraction of sp³-hybridized carbons (Fsp3) is 1.00. The maximum atomic E-state index is 9.52. The molecule has 1 aliphatic heterocycles. The minimum Gasteiger partial charge on any atom is -0.392 e. The van der Waals surface area contributed by atoms with Crippen LogP contribution in [0.3, 0.4) is 0 Å². The first-order valence-corrected chi connectivity index (χ1v) is 6.65. The van der Waals surface area contributed by atoms with Crippen LogP contribution in [0.2, 0.25) is 0 Å². The van der Waals surface area contributed by atoms with Crippen molar-refractivity contribution in [2.75, 3.05) is 19.6 Å².